The van der Waals surface area contributed by atoms with Crippen LogP contribution in [0.4, 0.5) is 13.2 Å². The number of rotatable bonds is 7. The molecule has 0 aliphatic rings. The molecule has 5 heteroatoms. The van der Waals surface area contributed by atoms with Crippen molar-refractivity contribution in [2.24, 2.45) is 5.73 Å². The van der Waals surface area contributed by atoms with Crippen molar-refractivity contribution in [3.63, 3.8) is 0 Å². The molecule has 2 unspecified atom stereocenters. The molecule has 0 saturated heterocycles. The Morgan fingerprint density at radius 2 is 1.80 bits per heavy atom. The number of alkyl halides is 3. The van der Waals surface area contributed by atoms with Gasteiger partial charge in [0.25, 0.3) is 0 Å². The van der Waals surface area contributed by atoms with Gasteiger partial charge in [0.2, 0.25) is 0 Å². The molecule has 2 nitrogen and oxygen atoms in total. The maximum Gasteiger partial charge on any atom is 0.390 e. The average molecular weight is 226 g/mol. The van der Waals surface area contributed by atoms with E-state index in [9.17, 15) is 13.2 Å². The summed E-state index contributed by atoms with van der Waals surface area (Å²) in [4.78, 5) is 0. The Bertz CT molecular complexity index is 157. The minimum atomic E-state index is -4.07. The smallest absolute Gasteiger partial charge is 0.328 e. The van der Waals surface area contributed by atoms with Crippen LogP contribution < -0.4 is 11.1 Å². The third-order valence-electron chi connectivity index (χ3n) is 2.12. The van der Waals surface area contributed by atoms with Crippen molar-refractivity contribution >= 4 is 0 Å². The van der Waals surface area contributed by atoms with Crippen LogP contribution in [0.1, 0.15) is 39.5 Å². The molecule has 15 heavy (non-hydrogen) atoms. The molecule has 0 aliphatic carbocycles. The fourth-order valence-corrected chi connectivity index (χ4v) is 1.36. The topological polar surface area (TPSA) is 38.0 Å². The molecule has 0 aliphatic heterocycles. The number of halogens is 3. The number of hydrogen-bond donors (Lipinski definition) is 2. The minimum Gasteiger partial charge on any atom is -0.328 e. The van der Waals surface area contributed by atoms with Crippen LogP contribution in [0.15, 0.2) is 0 Å². The molecular formula is C10H21F3N2. The quantitative estimate of drug-likeness (QED) is 0.654. The van der Waals surface area contributed by atoms with E-state index in [1.807, 2.05) is 6.92 Å². The lowest BCUT2D eigenvalue weighted by Gasteiger charge is -2.15. The first-order valence-electron chi connectivity index (χ1n) is 5.37. The maximum absolute atomic E-state index is 11.9. The van der Waals surface area contributed by atoms with Crippen LogP contribution in [0.5, 0.6) is 0 Å². The number of hydrogen-bond acceptors (Lipinski definition) is 2. The zero-order valence-electron chi connectivity index (χ0n) is 9.40. The molecule has 92 valence electrons. The molecular weight excluding hydrogens is 205 g/mol. The van der Waals surface area contributed by atoms with Crippen LogP contribution in [0.25, 0.3) is 0 Å². The predicted octanol–water partition coefficient (Wildman–Crippen LogP) is 2.43. The summed E-state index contributed by atoms with van der Waals surface area (Å²) in [7, 11) is 0. The Balaban J connectivity index is 3.36. The standard InChI is InChI=1S/C10H21F3N2/c1-8(14)5-3-4-6-15-9(2)7-10(11,12)13/h8-9,15H,3-7,14H2,1-2H3. The minimum absolute atomic E-state index is 0.178. The highest BCUT2D eigenvalue weighted by Gasteiger charge is 2.29. The third-order valence-corrected chi connectivity index (χ3v) is 2.12. The molecule has 0 aromatic carbocycles. The van der Waals surface area contributed by atoms with Gasteiger partial charge < -0.3 is 11.1 Å². The zero-order chi connectivity index (χ0) is 11.9. The monoisotopic (exact) mass is 226 g/mol. The second-order valence-corrected chi connectivity index (χ2v) is 4.15. The molecule has 0 saturated carbocycles. The van der Waals surface area contributed by atoms with Gasteiger partial charge in [0.05, 0.1) is 6.42 Å². The zero-order valence-corrected chi connectivity index (χ0v) is 9.40. The number of unbranched alkanes of at least 4 members (excludes halogenated alkanes) is 1. The summed E-state index contributed by atoms with van der Waals surface area (Å²) in [5, 5.41) is 2.85. The van der Waals surface area contributed by atoms with E-state index in [4.69, 9.17) is 5.73 Å². The molecule has 0 radical (unpaired) electrons. The fraction of sp³-hybridized carbons (Fsp3) is 1.00. The van der Waals surface area contributed by atoms with E-state index in [-0.39, 0.29) is 6.04 Å². The Kier molecular flexibility index (Phi) is 6.92. The Hall–Kier alpha value is -0.290. The summed E-state index contributed by atoms with van der Waals surface area (Å²) in [6, 6.07) is -0.321. The second-order valence-electron chi connectivity index (χ2n) is 4.15. The van der Waals surface area contributed by atoms with Crippen molar-refractivity contribution < 1.29 is 13.2 Å². The lowest BCUT2D eigenvalue weighted by Crippen LogP contribution is -2.31. The normalized spacial score (nSPS) is 16.4. The van der Waals surface area contributed by atoms with E-state index >= 15 is 0 Å². The van der Waals surface area contributed by atoms with Crippen LogP contribution in [0.2, 0.25) is 0 Å². The summed E-state index contributed by atoms with van der Waals surface area (Å²) < 4.78 is 35.8. The van der Waals surface area contributed by atoms with Gasteiger partial charge in [0, 0.05) is 12.1 Å². The summed E-state index contributed by atoms with van der Waals surface area (Å²) in [5.41, 5.74) is 5.55. The van der Waals surface area contributed by atoms with Crippen molar-refractivity contribution in [2.45, 2.75) is 57.8 Å². The molecule has 0 heterocycles. The third kappa shape index (κ3) is 11.6. The molecule has 0 bridgehead atoms. The Morgan fingerprint density at radius 1 is 1.20 bits per heavy atom. The average Bonchev–Trinajstić information content (AvgIpc) is 1.99. The first-order valence-corrected chi connectivity index (χ1v) is 5.37. The molecule has 0 aromatic rings. The Labute approximate surface area is 89.4 Å². The second kappa shape index (κ2) is 7.06. The van der Waals surface area contributed by atoms with Crippen LogP contribution in [-0.4, -0.2) is 24.8 Å². The van der Waals surface area contributed by atoms with Crippen molar-refractivity contribution in [3.05, 3.63) is 0 Å². The molecule has 3 N–H and O–H groups in total. The summed E-state index contributed by atoms with van der Waals surface area (Å²) in [6.45, 7) is 4.11. The summed E-state index contributed by atoms with van der Waals surface area (Å²) in [5.74, 6) is 0. The van der Waals surface area contributed by atoms with Gasteiger partial charge in [-0.15, -0.1) is 0 Å². The highest BCUT2D eigenvalue weighted by Crippen LogP contribution is 2.21. The first-order chi connectivity index (χ1) is 6.81. The maximum atomic E-state index is 11.9. The summed E-state index contributed by atoms with van der Waals surface area (Å²) >= 11 is 0. The summed E-state index contributed by atoms with van der Waals surface area (Å²) in [6.07, 6.45) is -2.07. The SMILES string of the molecule is CC(N)CCCCNC(C)CC(F)(F)F. The van der Waals surface area contributed by atoms with Gasteiger partial charge in [-0.2, -0.15) is 13.2 Å². The van der Waals surface area contributed by atoms with Crippen molar-refractivity contribution in [2.75, 3.05) is 6.54 Å². The van der Waals surface area contributed by atoms with E-state index in [0.717, 1.165) is 19.3 Å². The molecule has 0 spiro atoms. The van der Waals surface area contributed by atoms with Crippen molar-refractivity contribution in [1.29, 1.82) is 0 Å². The van der Waals surface area contributed by atoms with Gasteiger partial charge in [-0.3, -0.25) is 0 Å². The molecule has 0 amide bonds. The van der Waals surface area contributed by atoms with Gasteiger partial charge in [-0.25, -0.2) is 0 Å². The van der Waals surface area contributed by atoms with E-state index in [1.54, 1.807) is 6.92 Å². The van der Waals surface area contributed by atoms with Gasteiger partial charge in [-0.05, 0) is 33.2 Å². The van der Waals surface area contributed by atoms with E-state index < -0.39 is 18.6 Å². The molecule has 2 atom stereocenters. The highest BCUT2D eigenvalue weighted by atomic mass is 19.4. The van der Waals surface area contributed by atoms with Gasteiger partial charge in [0.15, 0.2) is 0 Å². The first kappa shape index (κ1) is 14.7. The highest BCUT2D eigenvalue weighted by molar-refractivity contribution is 4.65. The van der Waals surface area contributed by atoms with Crippen molar-refractivity contribution in [1.82, 2.24) is 5.32 Å². The largest absolute Gasteiger partial charge is 0.390 e. The molecule has 0 aromatic heterocycles. The van der Waals surface area contributed by atoms with E-state index in [2.05, 4.69) is 5.32 Å². The fourth-order valence-electron chi connectivity index (χ4n) is 1.36. The number of nitrogens with one attached hydrogen (secondary N) is 1. The van der Waals surface area contributed by atoms with E-state index in [1.165, 1.54) is 0 Å². The lowest BCUT2D eigenvalue weighted by atomic mass is 10.1. The molecule has 0 rings (SSSR count). The predicted molar refractivity (Wildman–Crippen MR) is 55.6 cm³/mol. The Morgan fingerprint density at radius 3 is 2.27 bits per heavy atom. The number of nitrogens with two attached hydrogens (primary N) is 1. The van der Waals surface area contributed by atoms with Crippen LogP contribution in [0, 0.1) is 0 Å². The van der Waals surface area contributed by atoms with Crippen LogP contribution in [-0.2, 0) is 0 Å². The molecule has 0 fully saturated rings. The van der Waals surface area contributed by atoms with E-state index in [0.29, 0.717) is 6.54 Å². The van der Waals surface area contributed by atoms with Crippen LogP contribution >= 0.6 is 0 Å². The lowest BCUT2D eigenvalue weighted by molar-refractivity contribution is -0.139. The van der Waals surface area contributed by atoms with Gasteiger partial charge in [-0.1, -0.05) is 6.42 Å². The van der Waals surface area contributed by atoms with Gasteiger partial charge >= 0.3 is 6.18 Å². The van der Waals surface area contributed by atoms with Gasteiger partial charge in [0.1, 0.15) is 0 Å². The van der Waals surface area contributed by atoms with Crippen molar-refractivity contribution in [3.8, 4) is 0 Å². The van der Waals surface area contributed by atoms with Crippen LogP contribution in [0.3, 0.4) is 0 Å².